The van der Waals surface area contributed by atoms with Crippen LogP contribution in [0.3, 0.4) is 0 Å². The van der Waals surface area contributed by atoms with Gasteiger partial charge in [-0.2, -0.15) is 0 Å². The lowest BCUT2D eigenvalue weighted by atomic mass is 10.1. The number of rotatable bonds is 3. The first-order valence-corrected chi connectivity index (χ1v) is 6.60. The lowest BCUT2D eigenvalue weighted by Crippen LogP contribution is -2.05. The number of nitrogens with zero attached hydrogens (tertiary/aromatic N) is 1. The van der Waals surface area contributed by atoms with Gasteiger partial charge in [-0.3, -0.25) is 4.98 Å². The minimum Gasteiger partial charge on any atom is -0.454 e. The molecule has 0 atom stereocenters. The molecular weight excluding hydrogens is 311 g/mol. The number of aryl methyl sites for hydroxylation is 2. The normalized spacial score (nSPS) is 10.6. The second-order valence-corrected chi connectivity index (χ2v) is 5.12. The predicted octanol–water partition coefficient (Wildman–Crippen LogP) is 3.85. The quantitative estimate of drug-likeness (QED) is 0.932. The van der Waals surface area contributed by atoms with Crippen LogP contribution in [0.4, 0.5) is 4.39 Å². The second-order valence-electron chi connectivity index (χ2n) is 4.21. The van der Waals surface area contributed by atoms with Crippen molar-refractivity contribution in [3.63, 3.8) is 0 Å². The van der Waals surface area contributed by atoms with E-state index in [0.717, 1.165) is 21.4 Å². The standard InChI is InChI=1S/C14H14BrFN2O/c1-8-5-13(11(7-17)9(2)18-8)19-14-6-10(15)3-4-12(14)16/h3-6H,7,17H2,1-2H3. The summed E-state index contributed by atoms with van der Waals surface area (Å²) in [5.41, 5.74) is 8.09. The first kappa shape index (κ1) is 14.0. The summed E-state index contributed by atoms with van der Waals surface area (Å²) in [5, 5.41) is 0. The van der Waals surface area contributed by atoms with Crippen LogP contribution >= 0.6 is 15.9 Å². The number of halogens is 2. The summed E-state index contributed by atoms with van der Waals surface area (Å²) >= 11 is 3.29. The van der Waals surface area contributed by atoms with Crippen LogP contribution in [-0.2, 0) is 6.54 Å². The molecule has 5 heteroatoms. The Bertz CT molecular complexity index is 617. The molecule has 1 heterocycles. The zero-order chi connectivity index (χ0) is 14.0. The summed E-state index contributed by atoms with van der Waals surface area (Å²) in [6.07, 6.45) is 0. The lowest BCUT2D eigenvalue weighted by molar-refractivity contribution is 0.436. The van der Waals surface area contributed by atoms with Crippen LogP contribution in [0.5, 0.6) is 11.5 Å². The fourth-order valence-corrected chi connectivity index (χ4v) is 2.17. The van der Waals surface area contributed by atoms with Gasteiger partial charge in [0.2, 0.25) is 0 Å². The molecule has 100 valence electrons. The number of hydrogen-bond acceptors (Lipinski definition) is 3. The Balaban J connectivity index is 2.45. The maximum Gasteiger partial charge on any atom is 0.165 e. The monoisotopic (exact) mass is 324 g/mol. The first-order chi connectivity index (χ1) is 9.01. The number of ether oxygens (including phenoxy) is 1. The molecule has 0 unspecified atom stereocenters. The molecule has 0 saturated carbocycles. The van der Waals surface area contributed by atoms with E-state index in [1.165, 1.54) is 6.07 Å². The smallest absolute Gasteiger partial charge is 0.165 e. The molecule has 0 radical (unpaired) electrons. The van der Waals surface area contributed by atoms with E-state index in [4.69, 9.17) is 10.5 Å². The fourth-order valence-electron chi connectivity index (χ4n) is 1.83. The van der Waals surface area contributed by atoms with Gasteiger partial charge < -0.3 is 10.5 Å². The van der Waals surface area contributed by atoms with E-state index < -0.39 is 5.82 Å². The molecule has 0 fully saturated rings. The van der Waals surface area contributed by atoms with E-state index in [9.17, 15) is 4.39 Å². The summed E-state index contributed by atoms with van der Waals surface area (Å²) in [4.78, 5) is 4.32. The van der Waals surface area contributed by atoms with Crippen LogP contribution in [0.1, 0.15) is 17.0 Å². The Morgan fingerprint density at radius 3 is 2.68 bits per heavy atom. The molecule has 2 aromatic rings. The molecule has 19 heavy (non-hydrogen) atoms. The van der Waals surface area contributed by atoms with Crippen molar-refractivity contribution in [1.82, 2.24) is 4.98 Å². The zero-order valence-electron chi connectivity index (χ0n) is 10.7. The summed E-state index contributed by atoms with van der Waals surface area (Å²) in [7, 11) is 0. The van der Waals surface area contributed by atoms with Gasteiger partial charge in [0.15, 0.2) is 11.6 Å². The second kappa shape index (κ2) is 5.67. The van der Waals surface area contributed by atoms with E-state index in [-0.39, 0.29) is 5.75 Å². The minimum absolute atomic E-state index is 0.161. The van der Waals surface area contributed by atoms with Crippen LogP contribution in [0.2, 0.25) is 0 Å². The molecule has 2 N–H and O–H groups in total. The van der Waals surface area contributed by atoms with Crippen molar-refractivity contribution < 1.29 is 9.13 Å². The largest absolute Gasteiger partial charge is 0.454 e. The van der Waals surface area contributed by atoms with Crippen LogP contribution in [-0.4, -0.2) is 4.98 Å². The Morgan fingerprint density at radius 2 is 2.00 bits per heavy atom. The molecule has 1 aromatic heterocycles. The van der Waals surface area contributed by atoms with E-state index in [1.54, 1.807) is 18.2 Å². The maximum absolute atomic E-state index is 13.7. The molecule has 3 nitrogen and oxygen atoms in total. The van der Waals surface area contributed by atoms with Crippen LogP contribution < -0.4 is 10.5 Å². The average Bonchev–Trinajstić information content (AvgIpc) is 2.33. The molecule has 0 saturated heterocycles. The number of hydrogen-bond donors (Lipinski definition) is 1. The molecule has 0 amide bonds. The number of benzene rings is 1. The number of pyridine rings is 1. The van der Waals surface area contributed by atoms with Crippen molar-refractivity contribution in [3.05, 3.63) is 51.5 Å². The molecule has 2 rings (SSSR count). The zero-order valence-corrected chi connectivity index (χ0v) is 12.3. The third-order valence-electron chi connectivity index (χ3n) is 2.74. The van der Waals surface area contributed by atoms with Gasteiger partial charge in [0.1, 0.15) is 5.75 Å². The van der Waals surface area contributed by atoms with Gasteiger partial charge in [0, 0.05) is 34.0 Å². The van der Waals surface area contributed by atoms with Gasteiger partial charge in [-0.1, -0.05) is 15.9 Å². The van der Waals surface area contributed by atoms with Gasteiger partial charge >= 0.3 is 0 Å². The minimum atomic E-state index is -0.418. The van der Waals surface area contributed by atoms with Crippen molar-refractivity contribution in [2.45, 2.75) is 20.4 Å². The highest BCUT2D eigenvalue weighted by Crippen LogP contribution is 2.31. The molecule has 0 bridgehead atoms. The summed E-state index contributed by atoms with van der Waals surface area (Å²) in [6.45, 7) is 4.01. The van der Waals surface area contributed by atoms with Crippen molar-refractivity contribution in [1.29, 1.82) is 0 Å². The van der Waals surface area contributed by atoms with Crippen molar-refractivity contribution in [2.24, 2.45) is 5.73 Å². The van der Waals surface area contributed by atoms with E-state index in [2.05, 4.69) is 20.9 Å². The van der Waals surface area contributed by atoms with Crippen molar-refractivity contribution in [2.75, 3.05) is 0 Å². The van der Waals surface area contributed by atoms with Gasteiger partial charge in [0.05, 0.1) is 0 Å². The Hall–Kier alpha value is -1.46. The molecule has 0 aliphatic heterocycles. The lowest BCUT2D eigenvalue weighted by Gasteiger charge is -2.13. The van der Waals surface area contributed by atoms with Crippen molar-refractivity contribution in [3.8, 4) is 11.5 Å². The maximum atomic E-state index is 13.7. The summed E-state index contributed by atoms with van der Waals surface area (Å²) in [6, 6.07) is 6.31. The summed E-state index contributed by atoms with van der Waals surface area (Å²) in [5.74, 6) is 0.289. The highest BCUT2D eigenvalue weighted by atomic mass is 79.9. The van der Waals surface area contributed by atoms with Gasteiger partial charge in [0.25, 0.3) is 0 Å². The predicted molar refractivity (Wildman–Crippen MR) is 75.8 cm³/mol. The topological polar surface area (TPSA) is 48.1 Å². The summed E-state index contributed by atoms with van der Waals surface area (Å²) < 4.78 is 20.1. The Morgan fingerprint density at radius 1 is 1.26 bits per heavy atom. The van der Waals surface area contributed by atoms with Crippen LogP contribution in [0, 0.1) is 19.7 Å². The van der Waals surface area contributed by atoms with Gasteiger partial charge in [-0.15, -0.1) is 0 Å². The Labute approximate surface area is 119 Å². The van der Waals surface area contributed by atoms with E-state index in [0.29, 0.717) is 12.3 Å². The van der Waals surface area contributed by atoms with Crippen molar-refractivity contribution >= 4 is 15.9 Å². The highest BCUT2D eigenvalue weighted by Gasteiger charge is 2.12. The third kappa shape index (κ3) is 3.11. The average molecular weight is 325 g/mol. The molecule has 0 aliphatic rings. The SMILES string of the molecule is Cc1cc(Oc2cc(Br)ccc2F)c(CN)c(C)n1. The molecule has 1 aromatic carbocycles. The van der Waals surface area contributed by atoms with Gasteiger partial charge in [-0.25, -0.2) is 4.39 Å². The first-order valence-electron chi connectivity index (χ1n) is 5.81. The fraction of sp³-hybridized carbons (Fsp3) is 0.214. The third-order valence-corrected chi connectivity index (χ3v) is 3.23. The van der Waals surface area contributed by atoms with E-state index in [1.807, 2.05) is 13.8 Å². The molecule has 0 spiro atoms. The number of nitrogens with two attached hydrogens (primary N) is 1. The number of aromatic nitrogens is 1. The Kier molecular flexibility index (Phi) is 4.17. The molecule has 0 aliphatic carbocycles. The van der Waals surface area contributed by atoms with Crippen LogP contribution in [0.15, 0.2) is 28.7 Å². The van der Waals surface area contributed by atoms with E-state index >= 15 is 0 Å². The molecular formula is C14H14BrFN2O. The van der Waals surface area contributed by atoms with Crippen LogP contribution in [0.25, 0.3) is 0 Å². The van der Waals surface area contributed by atoms with Gasteiger partial charge in [-0.05, 0) is 32.0 Å². The highest BCUT2D eigenvalue weighted by molar-refractivity contribution is 9.10.